The first-order chi connectivity index (χ1) is 6.30. The lowest BCUT2D eigenvalue weighted by molar-refractivity contribution is 0.407. The summed E-state index contributed by atoms with van der Waals surface area (Å²) in [6.07, 6.45) is 1.35. The van der Waals surface area contributed by atoms with Gasteiger partial charge < -0.3 is 12.5 Å². The van der Waals surface area contributed by atoms with Crippen LogP contribution in [-0.4, -0.2) is 7.11 Å². The SMILES string of the molecule is C=COc1cc(OC)cc(OI)c1. The fourth-order valence-electron chi connectivity index (χ4n) is 0.872. The summed E-state index contributed by atoms with van der Waals surface area (Å²) in [6, 6.07) is 5.26. The number of methoxy groups -OCH3 is 1. The molecule has 0 atom stereocenters. The van der Waals surface area contributed by atoms with Crippen LogP contribution in [0, 0.1) is 0 Å². The van der Waals surface area contributed by atoms with E-state index in [-0.39, 0.29) is 0 Å². The van der Waals surface area contributed by atoms with Crippen LogP contribution in [0.2, 0.25) is 0 Å². The van der Waals surface area contributed by atoms with E-state index >= 15 is 0 Å². The van der Waals surface area contributed by atoms with Gasteiger partial charge in [-0.05, 0) is 0 Å². The van der Waals surface area contributed by atoms with Crippen LogP contribution in [0.25, 0.3) is 0 Å². The van der Waals surface area contributed by atoms with Crippen LogP contribution < -0.4 is 12.5 Å². The minimum Gasteiger partial charge on any atom is -0.496 e. The number of ether oxygens (including phenoxy) is 2. The summed E-state index contributed by atoms with van der Waals surface area (Å²) in [5.74, 6) is 2.00. The highest BCUT2D eigenvalue weighted by Crippen LogP contribution is 2.28. The van der Waals surface area contributed by atoms with Crippen LogP contribution in [0.15, 0.2) is 31.0 Å². The van der Waals surface area contributed by atoms with Gasteiger partial charge in [-0.25, -0.2) is 0 Å². The third-order valence-corrected chi connectivity index (χ3v) is 1.91. The Morgan fingerprint density at radius 2 is 1.85 bits per heavy atom. The molecule has 4 heteroatoms. The van der Waals surface area contributed by atoms with Crippen molar-refractivity contribution < 1.29 is 12.5 Å². The van der Waals surface area contributed by atoms with Crippen molar-refractivity contribution in [2.24, 2.45) is 0 Å². The molecule has 0 aliphatic heterocycles. The van der Waals surface area contributed by atoms with Gasteiger partial charge in [0.2, 0.25) is 0 Å². The Bertz CT molecular complexity index is 277. The van der Waals surface area contributed by atoms with E-state index in [1.165, 1.54) is 6.26 Å². The fourth-order valence-corrected chi connectivity index (χ4v) is 1.13. The molecule has 0 saturated carbocycles. The van der Waals surface area contributed by atoms with E-state index in [0.717, 1.165) is 0 Å². The second-order valence-corrected chi connectivity index (χ2v) is 2.65. The molecule has 0 unspecified atom stereocenters. The first-order valence-corrected chi connectivity index (χ1v) is 4.43. The van der Waals surface area contributed by atoms with Gasteiger partial charge in [-0.1, -0.05) is 6.58 Å². The summed E-state index contributed by atoms with van der Waals surface area (Å²) in [5, 5.41) is 0. The Balaban J connectivity index is 2.99. The summed E-state index contributed by atoms with van der Waals surface area (Å²) < 4.78 is 15.2. The fraction of sp³-hybridized carbons (Fsp3) is 0.111. The average Bonchev–Trinajstić information content (AvgIpc) is 2.17. The van der Waals surface area contributed by atoms with Gasteiger partial charge in [-0.3, -0.25) is 0 Å². The van der Waals surface area contributed by atoms with Crippen LogP contribution in [0.5, 0.6) is 17.2 Å². The maximum absolute atomic E-state index is 5.09. The molecule has 13 heavy (non-hydrogen) atoms. The lowest BCUT2D eigenvalue weighted by atomic mass is 10.3. The quantitative estimate of drug-likeness (QED) is 0.631. The zero-order valence-corrected chi connectivity index (χ0v) is 9.28. The molecule has 0 spiro atoms. The molecule has 3 nitrogen and oxygen atoms in total. The van der Waals surface area contributed by atoms with Crippen LogP contribution in [0.3, 0.4) is 0 Å². The van der Waals surface area contributed by atoms with Crippen molar-refractivity contribution >= 4 is 23.0 Å². The predicted octanol–water partition coefficient (Wildman–Crippen LogP) is 2.95. The third-order valence-electron chi connectivity index (χ3n) is 1.40. The Hall–Kier alpha value is -0.910. The second-order valence-electron chi connectivity index (χ2n) is 2.21. The number of benzene rings is 1. The summed E-state index contributed by atoms with van der Waals surface area (Å²) in [4.78, 5) is 0. The third kappa shape index (κ3) is 2.80. The Morgan fingerprint density at radius 3 is 2.38 bits per heavy atom. The molecule has 1 aromatic carbocycles. The van der Waals surface area contributed by atoms with Crippen molar-refractivity contribution in [2.45, 2.75) is 0 Å². The van der Waals surface area contributed by atoms with Gasteiger partial charge in [0.05, 0.1) is 13.4 Å². The molecule has 1 rings (SSSR count). The largest absolute Gasteiger partial charge is 0.496 e. The normalized spacial score (nSPS) is 9.08. The van der Waals surface area contributed by atoms with E-state index < -0.39 is 0 Å². The van der Waals surface area contributed by atoms with Crippen LogP contribution >= 0.6 is 23.0 Å². The standard InChI is InChI=1S/C9H9IO3/c1-3-12-8-4-7(11-2)5-9(6-8)13-10/h3-6H,1H2,2H3. The number of hydrogen-bond donors (Lipinski definition) is 0. The molecule has 0 amide bonds. The lowest BCUT2D eigenvalue weighted by Gasteiger charge is -2.05. The molecular formula is C9H9IO3. The summed E-state index contributed by atoms with van der Waals surface area (Å²) >= 11 is 1.79. The molecule has 0 aliphatic carbocycles. The highest BCUT2D eigenvalue weighted by Gasteiger charge is 2.01. The van der Waals surface area contributed by atoms with Gasteiger partial charge >= 0.3 is 0 Å². The zero-order valence-electron chi connectivity index (χ0n) is 7.12. The summed E-state index contributed by atoms with van der Waals surface area (Å²) in [5.41, 5.74) is 0. The van der Waals surface area contributed by atoms with E-state index in [1.54, 1.807) is 48.3 Å². The predicted molar refractivity (Wildman–Crippen MR) is 58.5 cm³/mol. The highest BCUT2D eigenvalue weighted by molar-refractivity contribution is 14.1. The number of hydrogen-bond acceptors (Lipinski definition) is 3. The van der Waals surface area contributed by atoms with Crippen molar-refractivity contribution in [3.05, 3.63) is 31.0 Å². The molecule has 0 aliphatic rings. The molecular weight excluding hydrogens is 283 g/mol. The lowest BCUT2D eigenvalue weighted by Crippen LogP contribution is -1.86. The van der Waals surface area contributed by atoms with Gasteiger partial charge in [0, 0.05) is 18.2 Å². The molecule has 1 aromatic rings. The minimum absolute atomic E-state index is 0.640. The topological polar surface area (TPSA) is 27.7 Å². The average molecular weight is 292 g/mol. The molecule has 0 bridgehead atoms. The maximum atomic E-state index is 5.09. The number of halogens is 1. The van der Waals surface area contributed by atoms with Gasteiger partial charge in [-0.2, -0.15) is 0 Å². The smallest absolute Gasteiger partial charge is 0.192 e. The van der Waals surface area contributed by atoms with Crippen molar-refractivity contribution in [1.29, 1.82) is 0 Å². The molecule has 0 saturated heterocycles. The molecule has 0 radical (unpaired) electrons. The number of rotatable bonds is 4. The minimum atomic E-state index is 0.640. The zero-order chi connectivity index (χ0) is 9.68. The highest BCUT2D eigenvalue weighted by atomic mass is 127. The molecule has 0 aromatic heterocycles. The Kier molecular flexibility index (Phi) is 3.88. The molecule has 0 N–H and O–H groups in total. The Morgan fingerprint density at radius 1 is 1.23 bits per heavy atom. The summed E-state index contributed by atoms with van der Waals surface area (Å²) in [6.45, 7) is 3.46. The van der Waals surface area contributed by atoms with Gasteiger partial charge in [-0.15, -0.1) is 0 Å². The van der Waals surface area contributed by atoms with Crippen molar-refractivity contribution in [3.8, 4) is 17.2 Å². The Labute approximate surface area is 91.0 Å². The van der Waals surface area contributed by atoms with Crippen LogP contribution in [-0.2, 0) is 0 Å². The van der Waals surface area contributed by atoms with Gasteiger partial charge in [0.1, 0.15) is 17.2 Å². The van der Waals surface area contributed by atoms with Gasteiger partial charge in [0.15, 0.2) is 23.0 Å². The van der Waals surface area contributed by atoms with E-state index in [9.17, 15) is 0 Å². The van der Waals surface area contributed by atoms with E-state index in [4.69, 9.17) is 12.5 Å². The van der Waals surface area contributed by atoms with Crippen molar-refractivity contribution in [3.63, 3.8) is 0 Å². The summed E-state index contributed by atoms with van der Waals surface area (Å²) in [7, 11) is 1.59. The second kappa shape index (κ2) is 4.96. The van der Waals surface area contributed by atoms with E-state index in [1.807, 2.05) is 0 Å². The van der Waals surface area contributed by atoms with Crippen molar-refractivity contribution in [1.82, 2.24) is 0 Å². The van der Waals surface area contributed by atoms with Crippen LogP contribution in [0.4, 0.5) is 0 Å². The van der Waals surface area contributed by atoms with Crippen LogP contribution in [0.1, 0.15) is 0 Å². The molecule has 0 fully saturated rings. The molecule has 0 heterocycles. The monoisotopic (exact) mass is 292 g/mol. The molecule has 70 valence electrons. The van der Waals surface area contributed by atoms with Crippen molar-refractivity contribution in [2.75, 3.05) is 7.11 Å². The van der Waals surface area contributed by atoms with E-state index in [2.05, 4.69) is 6.58 Å². The van der Waals surface area contributed by atoms with Gasteiger partial charge in [0.25, 0.3) is 0 Å². The maximum Gasteiger partial charge on any atom is 0.192 e. The first kappa shape index (κ1) is 10.2. The first-order valence-electron chi connectivity index (χ1n) is 3.55. The van der Waals surface area contributed by atoms with E-state index in [0.29, 0.717) is 17.2 Å².